The van der Waals surface area contributed by atoms with Crippen molar-refractivity contribution in [1.82, 2.24) is 15.0 Å². The zero-order valence-corrected chi connectivity index (χ0v) is 10.1. The smallest absolute Gasteiger partial charge is 0.310 e. The first-order valence-electron chi connectivity index (χ1n) is 5.59. The van der Waals surface area contributed by atoms with Crippen molar-refractivity contribution < 1.29 is 9.90 Å². The number of benzene rings is 1. The molecule has 1 N–H and O–H groups in total. The molecule has 0 bridgehead atoms. The molecule has 1 aromatic carbocycles. The molecule has 0 saturated heterocycles. The normalized spacial score (nSPS) is 13.2. The molecule has 0 spiro atoms. The van der Waals surface area contributed by atoms with E-state index in [1.807, 2.05) is 26.0 Å². The molecule has 5 heteroatoms. The van der Waals surface area contributed by atoms with Crippen LogP contribution < -0.4 is 0 Å². The summed E-state index contributed by atoms with van der Waals surface area (Å²) in [5, 5.41) is 17.2. The highest BCUT2D eigenvalue weighted by Gasteiger charge is 2.19. The molecule has 0 radical (unpaired) electrons. The second-order valence-electron chi connectivity index (χ2n) is 4.40. The molecule has 0 aliphatic rings. The number of aromatic nitrogens is 3. The molecule has 1 atom stereocenters. The van der Waals surface area contributed by atoms with Gasteiger partial charge in [0, 0.05) is 6.04 Å². The van der Waals surface area contributed by atoms with E-state index in [4.69, 9.17) is 5.11 Å². The number of aliphatic carboxylic acids is 1. The molecule has 90 valence electrons. The number of carboxylic acid groups (broad SMARTS) is 1. The number of hydrogen-bond acceptors (Lipinski definition) is 3. The first-order valence-corrected chi connectivity index (χ1v) is 5.59. The lowest BCUT2D eigenvalue weighted by atomic mass is 10.00. The van der Waals surface area contributed by atoms with Crippen molar-refractivity contribution in [2.75, 3.05) is 0 Å². The van der Waals surface area contributed by atoms with Crippen molar-refractivity contribution in [2.24, 2.45) is 0 Å². The average Bonchev–Trinajstić information content (AvgIpc) is 2.71. The van der Waals surface area contributed by atoms with Crippen LogP contribution in [-0.4, -0.2) is 26.1 Å². The van der Waals surface area contributed by atoms with Gasteiger partial charge in [0.25, 0.3) is 0 Å². The first kappa shape index (κ1) is 11.6. The summed E-state index contributed by atoms with van der Waals surface area (Å²) in [5.41, 5.74) is 2.27. The lowest BCUT2D eigenvalue weighted by Gasteiger charge is -2.08. The predicted octanol–water partition coefficient (Wildman–Crippen LogP) is 2.20. The molecule has 17 heavy (non-hydrogen) atoms. The summed E-state index contributed by atoms with van der Waals surface area (Å²) in [7, 11) is 0. The van der Waals surface area contributed by atoms with Gasteiger partial charge >= 0.3 is 5.97 Å². The monoisotopic (exact) mass is 233 g/mol. The first-order chi connectivity index (χ1) is 8.02. The topological polar surface area (TPSA) is 68.0 Å². The SMILES string of the molecule is CC(C(=O)O)c1cccc2c1nnn2C(C)C. The van der Waals surface area contributed by atoms with E-state index in [-0.39, 0.29) is 6.04 Å². The largest absolute Gasteiger partial charge is 0.481 e. The molecule has 1 unspecified atom stereocenters. The van der Waals surface area contributed by atoms with Gasteiger partial charge in [0.1, 0.15) is 5.52 Å². The van der Waals surface area contributed by atoms with Crippen LogP contribution in [0, 0.1) is 0 Å². The van der Waals surface area contributed by atoms with Gasteiger partial charge in [0.15, 0.2) is 0 Å². The van der Waals surface area contributed by atoms with Crippen molar-refractivity contribution in [3.63, 3.8) is 0 Å². The zero-order valence-electron chi connectivity index (χ0n) is 10.1. The highest BCUT2D eigenvalue weighted by Crippen LogP contribution is 2.25. The van der Waals surface area contributed by atoms with Gasteiger partial charge in [-0.25, -0.2) is 4.68 Å². The van der Waals surface area contributed by atoms with Gasteiger partial charge in [0.2, 0.25) is 0 Å². The predicted molar refractivity (Wildman–Crippen MR) is 64.0 cm³/mol. The third kappa shape index (κ3) is 1.88. The number of rotatable bonds is 3. The second kappa shape index (κ2) is 4.16. The molecular formula is C12H15N3O2. The molecule has 0 fully saturated rings. The Hall–Kier alpha value is -1.91. The fourth-order valence-electron chi connectivity index (χ4n) is 1.85. The number of fused-ring (bicyclic) bond motifs is 1. The van der Waals surface area contributed by atoms with Crippen LogP contribution in [0.25, 0.3) is 11.0 Å². The van der Waals surface area contributed by atoms with Gasteiger partial charge in [-0.3, -0.25) is 4.79 Å². The molecule has 2 rings (SSSR count). The van der Waals surface area contributed by atoms with Crippen molar-refractivity contribution in [1.29, 1.82) is 0 Å². The minimum Gasteiger partial charge on any atom is -0.481 e. The van der Waals surface area contributed by atoms with Gasteiger partial charge in [0.05, 0.1) is 11.4 Å². The van der Waals surface area contributed by atoms with E-state index in [0.29, 0.717) is 11.1 Å². The van der Waals surface area contributed by atoms with Crippen LogP contribution in [0.3, 0.4) is 0 Å². The minimum absolute atomic E-state index is 0.204. The molecule has 1 aromatic heterocycles. The summed E-state index contributed by atoms with van der Waals surface area (Å²) in [6.07, 6.45) is 0. The Morgan fingerprint density at radius 3 is 2.65 bits per heavy atom. The summed E-state index contributed by atoms with van der Waals surface area (Å²) >= 11 is 0. The zero-order chi connectivity index (χ0) is 12.6. The number of carboxylic acids is 1. The van der Waals surface area contributed by atoms with E-state index >= 15 is 0 Å². The van der Waals surface area contributed by atoms with Gasteiger partial charge in [-0.2, -0.15) is 0 Å². The van der Waals surface area contributed by atoms with Gasteiger partial charge in [-0.15, -0.1) is 5.10 Å². The third-order valence-corrected chi connectivity index (χ3v) is 2.86. The maximum atomic E-state index is 11.0. The summed E-state index contributed by atoms with van der Waals surface area (Å²) in [6, 6.07) is 5.75. The van der Waals surface area contributed by atoms with Crippen molar-refractivity contribution in [2.45, 2.75) is 32.7 Å². The van der Waals surface area contributed by atoms with Crippen LogP contribution in [0.1, 0.15) is 38.3 Å². The molecule has 5 nitrogen and oxygen atoms in total. The summed E-state index contributed by atoms with van der Waals surface area (Å²) in [6.45, 7) is 5.69. The quantitative estimate of drug-likeness (QED) is 0.882. The van der Waals surface area contributed by atoms with E-state index in [0.717, 1.165) is 5.52 Å². The van der Waals surface area contributed by atoms with Gasteiger partial charge in [-0.05, 0) is 32.4 Å². The summed E-state index contributed by atoms with van der Waals surface area (Å²) in [4.78, 5) is 11.0. The van der Waals surface area contributed by atoms with Crippen LogP contribution in [0.4, 0.5) is 0 Å². The fraction of sp³-hybridized carbons (Fsp3) is 0.417. The molecule has 0 aliphatic heterocycles. The summed E-state index contributed by atoms with van der Waals surface area (Å²) in [5.74, 6) is -1.42. The van der Waals surface area contributed by atoms with E-state index in [2.05, 4.69) is 10.3 Å². The molecule has 2 aromatic rings. The van der Waals surface area contributed by atoms with E-state index < -0.39 is 11.9 Å². The maximum Gasteiger partial charge on any atom is 0.310 e. The second-order valence-corrected chi connectivity index (χ2v) is 4.40. The Labute approximate surface area is 99.1 Å². The maximum absolute atomic E-state index is 11.0. The van der Waals surface area contributed by atoms with E-state index in [1.54, 1.807) is 17.7 Å². The van der Waals surface area contributed by atoms with Crippen molar-refractivity contribution >= 4 is 17.0 Å². The lowest BCUT2D eigenvalue weighted by Crippen LogP contribution is -2.08. The Morgan fingerprint density at radius 2 is 2.06 bits per heavy atom. The molecule has 0 saturated carbocycles. The van der Waals surface area contributed by atoms with Gasteiger partial charge in [-0.1, -0.05) is 17.3 Å². The Morgan fingerprint density at radius 1 is 1.35 bits per heavy atom. The Bertz CT molecular complexity index is 560. The van der Waals surface area contributed by atoms with Crippen LogP contribution in [0.15, 0.2) is 18.2 Å². The van der Waals surface area contributed by atoms with Crippen LogP contribution in [0.2, 0.25) is 0 Å². The average molecular weight is 233 g/mol. The number of nitrogens with zero attached hydrogens (tertiary/aromatic N) is 3. The third-order valence-electron chi connectivity index (χ3n) is 2.86. The minimum atomic E-state index is -0.850. The van der Waals surface area contributed by atoms with Crippen LogP contribution in [0.5, 0.6) is 0 Å². The molecular weight excluding hydrogens is 218 g/mol. The highest BCUT2D eigenvalue weighted by molar-refractivity contribution is 5.85. The molecule has 0 amide bonds. The van der Waals surface area contributed by atoms with Crippen molar-refractivity contribution in [3.05, 3.63) is 23.8 Å². The Kier molecular flexibility index (Phi) is 2.83. The standard InChI is InChI=1S/C12H15N3O2/c1-7(2)15-10-6-4-5-9(8(3)12(16)17)11(10)13-14-15/h4-8H,1-3H3,(H,16,17). The van der Waals surface area contributed by atoms with Gasteiger partial charge < -0.3 is 5.11 Å². The van der Waals surface area contributed by atoms with E-state index in [9.17, 15) is 4.79 Å². The van der Waals surface area contributed by atoms with Crippen molar-refractivity contribution in [3.8, 4) is 0 Å². The molecule has 1 heterocycles. The van der Waals surface area contributed by atoms with Crippen LogP contribution >= 0.6 is 0 Å². The molecule has 0 aliphatic carbocycles. The van der Waals surface area contributed by atoms with E-state index in [1.165, 1.54) is 0 Å². The lowest BCUT2D eigenvalue weighted by molar-refractivity contribution is -0.138. The van der Waals surface area contributed by atoms with Crippen LogP contribution in [-0.2, 0) is 4.79 Å². The Balaban J connectivity index is 2.63. The summed E-state index contributed by atoms with van der Waals surface area (Å²) < 4.78 is 1.80. The number of carbonyl (C=O) groups is 1. The number of hydrogen-bond donors (Lipinski definition) is 1. The highest BCUT2D eigenvalue weighted by atomic mass is 16.4. The fourth-order valence-corrected chi connectivity index (χ4v) is 1.85.